The van der Waals surface area contributed by atoms with E-state index < -0.39 is 0 Å². The number of aromatic nitrogens is 5. The van der Waals surface area contributed by atoms with E-state index in [1.54, 1.807) is 0 Å². The van der Waals surface area contributed by atoms with E-state index in [1.807, 2.05) is 40.1 Å². The van der Waals surface area contributed by atoms with E-state index in [0.29, 0.717) is 12.0 Å². The summed E-state index contributed by atoms with van der Waals surface area (Å²) in [5.41, 5.74) is 3.07. The van der Waals surface area contributed by atoms with E-state index in [1.165, 1.54) is 5.56 Å². The van der Waals surface area contributed by atoms with E-state index in [-0.39, 0.29) is 0 Å². The first-order valence-electron chi connectivity index (χ1n) is 7.73. The summed E-state index contributed by atoms with van der Waals surface area (Å²) in [7, 11) is 0. The lowest BCUT2D eigenvalue weighted by molar-refractivity contribution is 0.527. The van der Waals surface area contributed by atoms with Crippen molar-refractivity contribution in [3.05, 3.63) is 53.4 Å². The van der Waals surface area contributed by atoms with Crippen molar-refractivity contribution in [1.29, 1.82) is 0 Å². The minimum atomic E-state index is 0.334. The first-order chi connectivity index (χ1) is 11.0. The maximum Gasteiger partial charge on any atom is 0.116 e. The Balaban J connectivity index is 1.72. The molecule has 0 unspecified atom stereocenters. The molecule has 2 aromatic heterocycles. The quantitative estimate of drug-likeness (QED) is 0.705. The Kier molecular flexibility index (Phi) is 4.48. The molecule has 0 N–H and O–H groups in total. The first kappa shape index (κ1) is 15.7. The summed E-state index contributed by atoms with van der Waals surface area (Å²) in [5.74, 6) is 0.334. The highest BCUT2D eigenvalue weighted by Crippen LogP contribution is 2.21. The van der Waals surface area contributed by atoms with Gasteiger partial charge in [-0.3, -0.25) is 9.36 Å². The van der Waals surface area contributed by atoms with Crippen LogP contribution in [0, 0.1) is 0 Å². The number of benzene rings is 1. The highest BCUT2D eigenvalue weighted by atomic mass is 35.5. The summed E-state index contributed by atoms with van der Waals surface area (Å²) < 4.78 is 3.80. The second-order valence-corrected chi connectivity index (χ2v) is 6.52. The SMILES string of the molecule is CC(C)n1cc(-c2cn(C[C@@H](C)c3ccc(Cl)cc3)nn2)cn1. The molecule has 0 spiro atoms. The van der Waals surface area contributed by atoms with Gasteiger partial charge in [0, 0.05) is 35.3 Å². The molecule has 2 heterocycles. The molecule has 1 atom stereocenters. The molecule has 0 aliphatic carbocycles. The Morgan fingerprint density at radius 1 is 1.09 bits per heavy atom. The van der Waals surface area contributed by atoms with Gasteiger partial charge in [-0.2, -0.15) is 5.10 Å². The highest BCUT2D eigenvalue weighted by Gasteiger charge is 2.11. The molecule has 6 heteroatoms. The van der Waals surface area contributed by atoms with Crippen LogP contribution in [-0.4, -0.2) is 24.8 Å². The van der Waals surface area contributed by atoms with Gasteiger partial charge in [0.15, 0.2) is 0 Å². The van der Waals surface area contributed by atoms with Crippen molar-refractivity contribution in [1.82, 2.24) is 24.8 Å². The zero-order valence-corrected chi connectivity index (χ0v) is 14.3. The lowest BCUT2D eigenvalue weighted by Gasteiger charge is -2.11. The monoisotopic (exact) mass is 329 g/mol. The fourth-order valence-electron chi connectivity index (χ4n) is 2.45. The van der Waals surface area contributed by atoms with Crippen LogP contribution in [0.4, 0.5) is 0 Å². The summed E-state index contributed by atoms with van der Waals surface area (Å²) in [4.78, 5) is 0. The lowest BCUT2D eigenvalue weighted by atomic mass is 10.0. The molecule has 0 amide bonds. The van der Waals surface area contributed by atoms with Crippen LogP contribution in [0.5, 0.6) is 0 Å². The van der Waals surface area contributed by atoms with Gasteiger partial charge in [-0.15, -0.1) is 5.10 Å². The largest absolute Gasteiger partial charge is 0.270 e. The van der Waals surface area contributed by atoms with Crippen LogP contribution >= 0.6 is 11.6 Å². The molecule has 0 fully saturated rings. The Bertz CT molecular complexity index is 772. The van der Waals surface area contributed by atoms with Crippen molar-refractivity contribution in [3.8, 4) is 11.3 Å². The third-order valence-electron chi connectivity index (χ3n) is 3.86. The van der Waals surface area contributed by atoms with Gasteiger partial charge in [0.05, 0.1) is 12.4 Å². The average molecular weight is 330 g/mol. The van der Waals surface area contributed by atoms with Crippen LogP contribution in [0.2, 0.25) is 5.02 Å². The van der Waals surface area contributed by atoms with Crippen molar-refractivity contribution in [2.75, 3.05) is 0 Å². The average Bonchev–Trinajstić information content (AvgIpc) is 3.16. The summed E-state index contributed by atoms with van der Waals surface area (Å²) >= 11 is 5.94. The maximum absolute atomic E-state index is 5.94. The van der Waals surface area contributed by atoms with Crippen LogP contribution in [0.1, 0.15) is 38.3 Å². The van der Waals surface area contributed by atoms with E-state index in [0.717, 1.165) is 22.8 Å². The molecule has 3 aromatic rings. The lowest BCUT2D eigenvalue weighted by Crippen LogP contribution is -2.06. The van der Waals surface area contributed by atoms with E-state index in [2.05, 4.69) is 48.3 Å². The van der Waals surface area contributed by atoms with Crippen LogP contribution in [0.15, 0.2) is 42.9 Å². The number of nitrogens with zero attached hydrogens (tertiary/aromatic N) is 5. The van der Waals surface area contributed by atoms with Gasteiger partial charge in [0.1, 0.15) is 5.69 Å². The number of halogens is 1. The number of hydrogen-bond acceptors (Lipinski definition) is 3. The second kappa shape index (κ2) is 6.54. The summed E-state index contributed by atoms with van der Waals surface area (Å²) in [6.07, 6.45) is 5.80. The molecule has 3 rings (SSSR count). The van der Waals surface area contributed by atoms with Crippen molar-refractivity contribution in [2.24, 2.45) is 0 Å². The van der Waals surface area contributed by atoms with Gasteiger partial charge in [-0.05, 0) is 31.5 Å². The van der Waals surface area contributed by atoms with Gasteiger partial charge in [0.2, 0.25) is 0 Å². The van der Waals surface area contributed by atoms with Crippen molar-refractivity contribution < 1.29 is 0 Å². The molecular weight excluding hydrogens is 310 g/mol. The molecule has 0 saturated heterocycles. The van der Waals surface area contributed by atoms with E-state index in [4.69, 9.17) is 11.6 Å². The smallest absolute Gasteiger partial charge is 0.116 e. The summed E-state index contributed by atoms with van der Waals surface area (Å²) in [5, 5.41) is 13.6. The van der Waals surface area contributed by atoms with E-state index >= 15 is 0 Å². The predicted molar refractivity (Wildman–Crippen MR) is 91.5 cm³/mol. The summed E-state index contributed by atoms with van der Waals surface area (Å²) in [6.45, 7) is 7.14. The number of hydrogen-bond donors (Lipinski definition) is 0. The zero-order chi connectivity index (χ0) is 16.4. The molecule has 23 heavy (non-hydrogen) atoms. The molecule has 1 aromatic carbocycles. The fraction of sp³-hybridized carbons (Fsp3) is 0.353. The van der Waals surface area contributed by atoms with Crippen LogP contribution < -0.4 is 0 Å². The molecule has 0 saturated carbocycles. The molecule has 0 bridgehead atoms. The molecule has 120 valence electrons. The topological polar surface area (TPSA) is 48.5 Å². The summed E-state index contributed by atoms with van der Waals surface area (Å²) in [6, 6.07) is 8.28. The normalized spacial score (nSPS) is 12.7. The van der Waals surface area contributed by atoms with Crippen molar-refractivity contribution in [2.45, 2.75) is 39.3 Å². The van der Waals surface area contributed by atoms with Gasteiger partial charge >= 0.3 is 0 Å². The predicted octanol–water partition coefficient (Wildman–Crippen LogP) is 4.18. The minimum Gasteiger partial charge on any atom is -0.270 e. The Labute approximate surface area is 140 Å². The molecule has 5 nitrogen and oxygen atoms in total. The molecule has 0 aliphatic heterocycles. The second-order valence-electron chi connectivity index (χ2n) is 6.08. The van der Waals surface area contributed by atoms with E-state index in [9.17, 15) is 0 Å². The van der Waals surface area contributed by atoms with Crippen LogP contribution in [0.25, 0.3) is 11.3 Å². The Hall–Kier alpha value is -2.14. The molecule has 0 aliphatic rings. The first-order valence-corrected chi connectivity index (χ1v) is 8.11. The Morgan fingerprint density at radius 3 is 2.48 bits per heavy atom. The standard InChI is InChI=1S/C17H20ClN5/c1-12(2)23-10-15(8-19-23)17-11-22(21-20-17)9-13(3)14-4-6-16(18)7-5-14/h4-8,10-13H,9H2,1-3H3/t13-/m1/s1. The van der Waals surface area contributed by atoms with Gasteiger partial charge in [-0.25, -0.2) is 0 Å². The zero-order valence-electron chi connectivity index (χ0n) is 13.5. The van der Waals surface area contributed by atoms with Gasteiger partial charge in [-0.1, -0.05) is 35.9 Å². The van der Waals surface area contributed by atoms with Gasteiger partial charge in [0.25, 0.3) is 0 Å². The minimum absolute atomic E-state index is 0.334. The molecule has 0 radical (unpaired) electrons. The number of rotatable bonds is 5. The maximum atomic E-state index is 5.94. The Morgan fingerprint density at radius 2 is 1.83 bits per heavy atom. The molecular formula is C17H20ClN5. The highest BCUT2D eigenvalue weighted by molar-refractivity contribution is 6.30. The fourth-order valence-corrected chi connectivity index (χ4v) is 2.58. The third-order valence-corrected chi connectivity index (χ3v) is 4.12. The van der Waals surface area contributed by atoms with Crippen molar-refractivity contribution >= 4 is 11.6 Å². The van der Waals surface area contributed by atoms with Gasteiger partial charge < -0.3 is 0 Å². The van der Waals surface area contributed by atoms with Crippen LogP contribution in [-0.2, 0) is 6.54 Å². The van der Waals surface area contributed by atoms with Crippen molar-refractivity contribution in [3.63, 3.8) is 0 Å². The third kappa shape index (κ3) is 3.62. The van der Waals surface area contributed by atoms with Crippen LogP contribution in [0.3, 0.4) is 0 Å².